The third kappa shape index (κ3) is 4.59. The van der Waals surface area contributed by atoms with Crippen LogP contribution >= 0.6 is 0 Å². The maximum atomic E-state index is 12.8. The van der Waals surface area contributed by atoms with Gasteiger partial charge in [0.15, 0.2) is 0 Å². The number of para-hydroxylation sites is 1. The molecule has 1 atom stereocenters. The maximum Gasteiger partial charge on any atom is 0.344 e. The zero-order chi connectivity index (χ0) is 22.5. The van der Waals surface area contributed by atoms with Gasteiger partial charge in [-0.2, -0.15) is 0 Å². The number of esters is 1. The molecule has 0 aliphatic carbocycles. The van der Waals surface area contributed by atoms with E-state index in [1.807, 2.05) is 42.5 Å². The molecule has 0 radical (unpaired) electrons. The molecule has 1 heterocycles. The van der Waals surface area contributed by atoms with Gasteiger partial charge in [-0.1, -0.05) is 60.7 Å². The molecule has 0 spiro atoms. The molecule has 6 heteroatoms. The van der Waals surface area contributed by atoms with Crippen LogP contribution in [-0.4, -0.2) is 25.0 Å². The SMILES string of the molecule is COC(=O)[C@@H](Cc1ccccc1)NC(=O)c1ccc(-c2cc3ccccc3oc2=O)cc1. The summed E-state index contributed by atoms with van der Waals surface area (Å²) in [5, 5.41) is 3.54. The highest BCUT2D eigenvalue weighted by Gasteiger charge is 2.22. The fourth-order valence-electron chi connectivity index (χ4n) is 3.49. The van der Waals surface area contributed by atoms with Gasteiger partial charge in [0.1, 0.15) is 11.6 Å². The molecular formula is C26H21NO5. The molecule has 160 valence electrons. The van der Waals surface area contributed by atoms with Crippen molar-refractivity contribution in [1.29, 1.82) is 0 Å². The summed E-state index contributed by atoms with van der Waals surface area (Å²) in [6.45, 7) is 0. The van der Waals surface area contributed by atoms with Crippen molar-refractivity contribution in [2.45, 2.75) is 12.5 Å². The number of nitrogens with one attached hydrogen (secondary N) is 1. The van der Waals surface area contributed by atoms with Crippen molar-refractivity contribution in [3.8, 4) is 11.1 Å². The van der Waals surface area contributed by atoms with Crippen LogP contribution < -0.4 is 10.9 Å². The van der Waals surface area contributed by atoms with Gasteiger partial charge in [-0.3, -0.25) is 4.79 Å². The average Bonchev–Trinajstić information content (AvgIpc) is 2.83. The number of amides is 1. The van der Waals surface area contributed by atoms with Crippen LogP contribution in [0.4, 0.5) is 0 Å². The summed E-state index contributed by atoms with van der Waals surface area (Å²) in [6.07, 6.45) is 0.315. The van der Waals surface area contributed by atoms with Gasteiger partial charge in [-0.15, -0.1) is 0 Å². The second kappa shape index (κ2) is 9.31. The fourth-order valence-corrected chi connectivity index (χ4v) is 3.49. The Kier molecular flexibility index (Phi) is 6.12. The molecule has 4 rings (SSSR count). The van der Waals surface area contributed by atoms with Gasteiger partial charge < -0.3 is 14.5 Å². The summed E-state index contributed by atoms with van der Waals surface area (Å²) in [4.78, 5) is 37.3. The van der Waals surface area contributed by atoms with E-state index in [1.165, 1.54) is 7.11 Å². The fraction of sp³-hybridized carbons (Fsp3) is 0.115. The predicted octanol–water partition coefficient (Wildman–Crippen LogP) is 3.97. The summed E-state index contributed by atoms with van der Waals surface area (Å²) in [6, 6.07) is 24.2. The Morgan fingerprint density at radius 2 is 1.62 bits per heavy atom. The Hall–Kier alpha value is -4.19. The molecule has 1 N–H and O–H groups in total. The first kappa shape index (κ1) is 21.1. The first-order chi connectivity index (χ1) is 15.5. The zero-order valence-electron chi connectivity index (χ0n) is 17.4. The van der Waals surface area contributed by atoms with Crippen molar-refractivity contribution in [1.82, 2.24) is 5.32 Å². The molecule has 0 saturated carbocycles. The van der Waals surface area contributed by atoms with E-state index in [4.69, 9.17) is 9.15 Å². The molecule has 6 nitrogen and oxygen atoms in total. The molecular weight excluding hydrogens is 406 g/mol. The van der Waals surface area contributed by atoms with E-state index in [1.54, 1.807) is 42.5 Å². The van der Waals surface area contributed by atoms with E-state index in [0.717, 1.165) is 10.9 Å². The number of ether oxygens (including phenoxy) is 1. The molecule has 0 unspecified atom stereocenters. The number of hydrogen-bond acceptors (Lipinski definition) is 5. The number of fused-ring (bicyclic) bond motifs is 1. The first-order valence-electron chi connectivity index (χ1n) is 10.1. The van der Waals surface area contributed by atoms with Crippen LogP contribution in [0, 0.1) is 0 Å². The van der Waals surface area contributed by atoms with Crippen LogP contribution in [0.3, 0.4) is 0 Å². The second-order valence-corrected chi connectivity index (χ2v) is 7.30. The van der Waals surface area contributed by atoms with E-state index >= 15 is 0 Å². The summed E-state index contributed by atoms with van der Waals surface area (Å²) in [7, 11) is 1.29. The first-order valence-corrected chi connectivity index (χ1v) is 10.1. The van der Waals surface area contributed by atoms with Gasteiger partial charge >= 0.3 is 11.6 Å². The smallest absolute Gasteiger partial charge is 0.344 e. The topological polar surface area (TPSA) is 85.6 Å². The van der Waals surface area contributed by atoms with Crippen molar-refractivity contribution in [3.63, 3.8) is 0 Å². The van der Waals surface area contributed by atoms with Crippen molar-refractivity contribution in [3.05, 3.63) is 106 Å². The van der Waals surface area contributed by atoms with Crippen LogP contribution in [0.15, 0.2) is 94.1 Å². The van der Waals surface area contributed by atoms with E-state index < -0.39 is 23.5 Å². The highest BCUT2D eigenvalue weighted by molar-refractivity contribution is 5.97. The minimum absolute atomic E-state index is 0.315. The summed E-state index contributed by atoms with van der Waals surface area (Å²) >= 11 is 0. The Morgan fingerprint density at radius 1 is 0.938 bits per heavy atom. The van der Waals surface area contributed by atoms with Crippen molar-refractivity contribution in [2.75, 3.05) is 7.11 Å². The molecule has 4 aromatic rings. The molecule has 3 aromatic carbocycles. The van der Waals surface area contributed by atoms with Gasteiger partial charge in [-0.05, 0) is 35.4 Å². The molecule has 0 aliphatic rings. The average molecular weight is 427 g/mol. The monoisotopic (exact) mass is 427 g/mol. The van der Waals surface area contributed by atoms with Crippen LogP contribution in [0.5, 0.6) is 0 Å². The van der Waals surface area contributed by atoms with Gasteiger partial charge in [0, 0.05) is 17.4 Å². The van der Waals surface area contributed by atoms with Crippen LogP contribution in [-0.2, 0) is 16.0 Å². The van der Waals surface area contributed by atoms with Crippen molar-refractivity contribution >= 4 is 22.8 Å². The summed E-state index contributed by atoms with van der Waals surface area (Å²) < 4.78 is 10.2. The number of benzene rings is 3. The Bertz CT molecular complexity index is 1310. The third-order valence-corrected chi connectivity index (χ3v) is 5.17. The lowest BCUT2D eigenvalue weighted by atomic mass is 10.0. The Balaban J connectivity index is 1.54. The molecule has 1 amide bonds. The zero-order valence-corrected chi connectivity index (χ0v) is 17.4. The van der Waals surface area contributed by atoms with Gasteiger partial charge in [-0.25, -0.2) is 9.59 Å². The van der Waals surface area contributed by atoms with E-state index in [-0.39, 0.29) is 0 Å². The standard InChI is InChI=1S/C26H21NO5/c1-31-26(30)22(15-17-7-3-2-4-8-17)27-24(28)19-13-11-18(12-14-19)21-16-20-9-5-6-10-23(20)32-25(21)29/h2-14,16,22H,15H2,1H3,(H,27,28)/t22-/m1/s1. The number of carbonyl (C=O) groups is 2. The lowest BCUT2D eigenvalue weighted by molar-refractivity contribution is -0.142. The van der Waals surface area contributed by atoms with Crippen molar-refractivity contribution in [2.24, 2.45) is 0 Å². The summed E-state index contributed by atoms with van der Waals surface area (Å²) in [5.74, 6) is -0.930. The lowest BCUT2D eigenvalue weighted by Gasteiger charge is -2.17. The molecule has 0 saturated heterocycles. The number of methoxy groups -OCH3 is 1. The Morgan fingerprint density at radius 3 is 2.34 bits per heavy atom. The number of rotatable bonds is 6. The molecule has 1 aromatic heterocycles. The molecule has 0 bridgehead atoms. The van der Waals surface area contributed by atoms with Gasteiger partial charge in [0.2, 0.25) is 0 Å². The highest BCUT2D eigenvalue weighted by atomic mass is 16.5. The lowest BCUT2D eigenvalue weighted by Crippen LogP contribution is -2.43. The molecule has 32 heavy (non-hydrogen) atoms. The van der Waals surface area contributed by atoms with E-state index in [0.29, 0.717) is 28.7 Å². The van der Waals surface area contributed by atoms with E-state index in [9.17, 15) is 14.4 Å². The van der Waals surface area contributed by atoms with Crippen LogP contribution in [0.2, 0.25) is 0 Å². The minimum atomic E-state index is -0.817. The highest BCUT2D eigenvalue weighted by Crippen LogP contribution is 2.21. The van der Waals surface area contributed by atoms with Gasteiger partial charge in [0.25, 0.3) is 5.91 Å². The minimum Gasteiger partial charge on any atom is -0.467 e. The Labute approximate surface area is 184 Å². The largest absolute Gasteiger partial charge is 0.467 e. The molecule has 0 fully saturated rings. The maximum absolute atomic E-state index is 12.8. The number of hydrogen-bond donors (Lipinski definition) is 1. The van der Waals surface area contributed by atoms with Crippen LogP contribution in [0.25, 0.3) is 22.1 Å². The molecule has 0 aliphatic heterocycles. The predicted molar refractivity (Wildman–Crippen MR) is 121 cm³/mol. The van der Waals surface area contributed by atoms with Gasteiger partial charge in [0.05, 0.1) is 12.7 Å². The van der Waals surface area contributed by atoms with Crippen molar-refractivity contribution < 1.29 is 18.7 Å². The van der Waals surface area contributed by atoms with Crippen LogP contribution in [0.1, 0.15) is 15.9 Å². The third-order valence-electron chi connectivity index (χ3n) is 5.17. The summed E-state index contributed by atoms with van der Waals surface area (Å²) in [5.41, 5.74) is 2.38. The normalized spacial score (nSPS) is 11.7. The quantitative estimate of drug-likeness (QED) is 0.372. The van der Waals surface area contributed by atoms with E-state index in [2.05, 4.69) is 5.32 Å². The second-order valence-electron chi connectivity index (χ2n) is 7.30. The number of carbonyl (C=O) groups excluding carboxylic acids is 2.